The predicted octanol–water partition coefficient (Wildman–Crippen LogP) is 9.28. The highest BCUT2D eigenvalue weighted by Crippen LogP contribution is 2.44. The summed E-state index contributed by atoms with van der Waals surface area (Å²) in [6.45, 7) is 18.9. The quantitative estimate of drug-likeness (QED) is 0.288. The molecular formula is C29H52O. The van der Waals surface area contributed by atoms with E-state index in [1.807, 2.05) is 0 Å². The minimum absolute atomic E-state index is 0.0691. The van der Waals surface area contributed by atoms with Gasteiger partial charge in [-0.05, 0) is 75.9 Å². The van der Waals surface area contributed by atoms with Gasteiger partial charge in [-0.2, -0.15) is 0 Å². The second kappa shape index (κ2) is 11.9. The van der Waals surface area contributed by atoms with Crippen molar-refractivity contribution in [2.24, 2.45) is 23.7 Å². The summed E-state index contributed by atoms with van der Waals surface area (Å²) >= 11 is 0. The van der Waals surface area contributed by atoms with E-state index in [1.165, 1.54) is 87.3 Å². The highest BCUT2D eigenvalue weighted by Gasteiger charge is 2.41. The number of rotatable bonds is 12. The SMILES string of the molecule is CC1=CC(C)=C(C)C2OC(C)(CCCC(C)C(C)CCCCCCC(C)C)CCC12. The maximum absolute atomic E-state index is 6.79. The topological polar surface area (TPSA) is 9.23 Å². The van der Waals surface area contributed by atoms with Crippen LogP contribution in [0.25, 0.3) is 0 Å². The lowest BCUT2D eigenvalue weighted by Gasteiger charge is -2.46. The molecule has 0 N–H and O–H groups in total. The van der Waals surface area contributed by atoms with Crippen LogP contribution in [0.2, 0.25) is 0 Å². The summed E-state index contributed by atoms with van der Waals surface area (Å²) in [4.78, 5) is 0. The highest BCUT2D eigenvalue weighted by molar-refractivity contribution is 5.36. The van der Waals surface area contributed by atoms with Crippen molar-refractivity contribution in [2.75, 3.05) is 0 Å². The molecule has 174 valence electrons. The largest absolute Gasteiger partial charge is 0.367 e. The fourth-order valence-electron chi connectivity index (χ4n) is 5.63. The number of ether oxygens (including phenoxy) is 1. The van der Waals surface area contributed by atoms with Gasteiger partial charge in [0, 0.05) is 5.92 Å². The summed E-state index contributed by atoms with van der Waals surface area (Å²) in [5.74, 6) is 3.18. The van der Waals surface area contributed by atoms with Crippen LogP contribution in [0.15, 0.2) is 22.8 Å². The van der Waals surface area contributed by atoms with Gasteiger partial charge < -0.3 is 4.74 Å². The zero-order valence-electron chi connectivity index (χ0n) is 21.7. The van der Waals surface area contributed by atoms with Crippen molar-refractivity contribution in [1.29, 1.82) is 0 Å². The summed E-state index contributed by atoms with van der Waals surface area (Å²) in [7, 11) is 0. The molecule has 1 heteroatoms. The molecular weight excluding hydrogens is 364 g/mol. The Balaban J connectivity index is 1.68. The fourth-order valence-corrected chi connectivity index (χ4v) is 5.63. The molecule has 0 amide bonds. The lowest BCUT2D eigenvalue weighted by molar-refractivity contribution is -0.127. The monoisotopic (exact) mass is 416 g/mol. The van der Waals surface area contributed by atoms with Crippen molar-refractivity contribution in [3.63, 3.8) is 0 Å². The third kappa shape index (κ3) is 7.54. The van der Waals surface area contributed by atoms with Gasteiger partial charge in [-0.15, -0.1) is 0 Å². The average Bonchev–Trinajstić information content (AvgIpc) is 2.68. The van der Waals surface area contributed by atoms with Crippen LogP contribution >= 0.6 is 0 Å². The summed E-state index contributed by atoms with van der Waals surface area (Å²) in [5.41, 5.74) is 4.48. The van der Waals surface area contributed by atoms with Gasteiger partial charge in [0.05, 0.1) is 11.7 Å². The third-order valence-electron chi connectivity index (χ3n) is 8.37. The number of hydrogen-bond acceptors (Lipinski definition) is 1. The molecule has 0 aromatic carbocycles. The van der Waals surface area contributed by atoms with Crippen molar-refractivity contribution in [1.82, 2.24) is 0 Å². The maximum Gasteiger partial charge on any atom is 0.0860 e. The molecule has 2 rings (SSSR count). The molecule has 0 aromatic heterocycles. The van der Waals surface area contributed by atoms with E-state index in [0.717, 1.165) is 17.8 Å². The van der Waals surface area contributed by atoms with Crippen molar-refractivity contribution >= 4 is 0 Å². The zero-order valence-corrected chi connectivity index (χ0v) is 21.7. The maximum atomic E-state index is 6.79. The molecule has 0 saturated carbocycles. The number of unbranched alkanes of at least 4 members (excludes halogenated alkanes) is 3. The Morgan fingerprint density at radius 1 is 0.900 bits per heavy atom. The smallest absolute Gasteiger partial charge is 0.0860 e. The van der Waals surface area contributed by atoms with Gasteiger partial charge in [0.15, 0.2) is 0 Å². The molecule has 2 aliphatic rings. The van der Waals surface area contributed by atoms with Gasteiger partial charge >= 0.3 is 0 Å². The first-order chi connectivity index (χ1) is 14.1. The molecule has 0 bridgehead atoms. The first-order valence-electron chi connectivity index (χ1n) is 13.2. The molecule has 0 spiro atoms. The highest BCUT2D eigenvalue weighted by atomic mass is 16.5. The Kier molecular flexibility index (Phi) is 10.2. The average molecular weight is 417 g/mol. The van der Waals surface area contributed by atoms with E-state index in [9.17, 15) is 0 Å². The molecule has 1 aliphatic carbocycles. The molecule has 0 aromatic rings. The fraction of sp³-hybridized carbons (Fsp3) is 0.862. The van der Waals surface area contributed by atoms with Crippen LogP contribution in [-0.2, 0) is 4.74 Å². The summed E-state index contributed by atoms with van der Waals surface area (Å²) in [6.07, 6.45) is 17.6. The van der Waals surface area contributed by atoms with Gasteiger partial charge in [0.2, 0.25) is 0 Å². The van der Waals surface area contributed by atoms with Gasteiger partial charge in [0.1, 0.15) is 0 Å². The molecule has 0 radical (unpaired) electrons. The second-order valence-corrected chi connectivity index (χ2v) is 11.6. The van der Waals surface area contributed by atoms with Crippen LogP contribution in [-0.4, -0.2) is 11.7 Å². The standard InChI is InChI=1S/C29H52O/c1-21(2)14-11-9-10-12-15-22(3)23(4)16-13-18-29(8)19-17-27-25(6)20-24(5)26(7)28(27)30-29/h20-23,27-28H,9-19H2,1-8H3. The van der Waals surface area contributed by atoms with Crippen molar-refractivity contribution < 1.29 is 4.74 Å². The lowest BCUT2D eigenvalue weighted by atomic mass is 9.74. The Bertz CT molecular complexity index is 583. The molecule has 1 saturated heterocycles. The molecule has 30 heavy (non-hydrogen) atoms. The van der Waals surface area contributed by atoms with Gasteiger partial charge in [-0.3, -0.25) is 0 Å². The zero-order chi connectivity index (χ0) is 22.3. The van der Waals surface area contributed by atoms with E-state index >= 15 is 0 Å². The van der Waals surface area contributed by atoms with Crippen LogP contribution in [0.1, 0.15) is 126 Å². The van der Waals surface area contributed by atoms with E-state index in [-0.39, 0.29) is 5.60 Å². The molecule has 1 heterocycles. The van der Waals surface area contributed by atoms with E-state index in [4.69, 9.17) is 4.74 Å². The number of allylic oxidation sites excluding steroid dienone is 2. The molecule has 1 aliphatic heterocycles. The van der Waals surface area contributed by atoms with Crippen LogP contribution < -0.4 is 0 Å². The number of hydrogen-bond donors (Lipinski definition) is 0. The predicted molar refractivity (Wildman–Crippen MR) is 133 cm³/mol. The first-order valence-corrected chi connectivity index (χ1v) is 13.2. The molecule has 1 fully saturated rings. The van der Waals surface area contributed by atoms with Crippen molar-refractivity contribution in [3.05, 3.63) is 22.8 Å². The summed E-state index contributed by atoms with van der Waals surface area (Å²) < 4.78 is 6.79. The first kappa shape index (κ1) is 25.7. The van der Waals surface area contributed by atoms with E-state index < -0.39 is 0 Å². The number of fused-ring (bicyclic) bond motifs is 1. The molecule has 1 nitrogen and oxygen atoms in total. The minimum atomic E-state index is 0.0691. The van der Waals surface area contributed by atoms with E-state index in [0.29, 0.717) is 12.0 Å². The van der Waals surface area contributed by atoms with Gasteiger partial charge in [0.25, 0.3) is 0 Å². The molecule has 5 atom stereocenters. The molecule has 5 unspecified atom stereocenters. The third-order valence-corrected chi connectivity index (χ3v) is 8.37. The van der Waals surface area contributed by atoms with Crippen molar-refractivity contribution in [3.8, 4) is 0 Å². The normalized spacial score (nSPS) is 29.0. The van der Waals surface area contributed by atoms with Crippen LogP contribution in [0.5, 0.6) is 0 Å². The van der Waals surface area contributed by atoms with E-state index in [2.05, 4.69) is 61.5 Å². The van der Waals surface area contributed by atoms with Crippen molar-refractivity contribution in [2.45, 2.75) is 138 Å². The minimum Gasteiger partial charge on any atom is -0.367 e. The Labute approximate surface area is 189 Å². The van der Waals surface area contributed by atoms with E-state index in [1.54, 1.807) is 0 Å². The Hall–Kier alpha value is -0.560. The van der Waals surface area contributed by atoms with Crippen LogP contribution in [0, 0.1) is 23.7 Å². The Morgan fingerprint density at radius 2 is 1.50 bits per heavy atom. The second-order valence-electron chi connectivity index (χ2n) is 11.6. The summed E-state index contributed by atoms with van der Waals surface area (Å²) in [5, 5.41) is 0. The van der Waals surface area contributed by atoms with Gasteiger partial charge in [-0.25, -0.2) is 0 Å². The lowest BCUT2D eigenvalue weighted by Crippen LogP contribution is -2.45. The van der Waals surface area contributed by atoms with Crippen LogP contribution in [0.4, 0.5) is 0 Å². The Morgan fingerprint density at radius 3 is 2.13 bits per heavy atom. The summed E-state index contributed by atoms with van der Waals surface area (Å²) in [6, 6.07) is 0. The van der Waals surface area contributed by atoms with Crippen LogP contribution in [0.3, 0.4) is 0 Å². The van der Waals surface area contributed by atoms with Gasteiger partial charge in [-0.1, -0.05) is 90.7 Å².